The molecule has 1 aromatic carbocycles. The van der Waals surface area contributed by atoms with Crippen molar-refractivity contribution in [1.82, 2.24) is 10.3 Å². The number of carbonyl (C=O) groups excluding carboxylic acids is 2. The van der Waals surface area contributed by atoms with Crippen molar-refractivity contribution in [2.75, 3.05) is 12.8 Å². The van der Waals surface area contributed by atoms with Gasteiger partial charge in [0.25, 0.3) is 5.91 Å². The first-order valence-electron chi connectivity index (χ1n) is 6.16. The number of para-hydroxylation sites is 1. The van der Waals surface area contributed by atoms with Gasteiger partial charge in [-0.25, -0.2) is 0 Å². The maximum absolute atomic E-state index is 12.1. The van der Waals surface area contributed by atoms with Gasteiger partial charge in [0.15, 0.2) is 5.78 Å². The molecule has 0 spiro atoms. The average molecular weight is 269 g/mol. The number of amides is 1. The number of ketones is 1. The Hall–Kier alpha value is -2.69. The van der Waals surface area contributed by atoms with Crippen molar-refractivity contribution in [3.05, 3.63) is 59.4 Å². The van der Waals surface area contributed by atoms with Crippen LogP contribution in [0.2, 0.25) is 0 Å². The quantitative estimate of drug-likeness (QED) is 0.650. The number of carbonyl (C=O) groups is 2. The van der Waals surface area contributed by atoms with E-state index in [9.17, 15) is 9.59 Å². The van der Waals surface area contributed by atoms with Crippen LogP contribution in [0, 0.1) is 0 Å². The molecular weight excluding hydrogens is 254 g/mol. The predicted octanol–water partition coefficient (Wildman–Crippen LogP) is 1.45. The van der Waals surface area contributed by atoms with E-state index in [1.165, 1.54) is 19.3 Å². The third-order valence-electron chi connectivity index (χ3n) is 2.95. The number of nitrogens with one attached hydrogen (secondary N) is 1. The number of benzene rings is 1. The Bertz CT molecular complexity index is 636. The molecule has 0 aliphatic rings. The summed E-state index contributed by atoms with van der Waals surface area (Å²) >= 11 is 0. The van der Waals surface area contributed by atoms with Crippen molar-refractivity contribution in [2.45, 2.75) is 6.42 Å². The Labute approximate surface area is 116 Å². The van der Waals surface area contributed by atoms with Crippen LogP contribution in [0.15, 0.2) is 42.6 Å². The van der Waals surface area contributed by atoms with E-state index in [1.54, 1.807) is 12.1 Å². The molecule has 0 atom stereocenters. The highest BCUT2D eigenvalue weighted by molar-refractivity contribution is 5.99. The number of nitrogen functional groups attached to an aromatic ring is 1. The largest absolute Gasteiger partial charge is 0.398 e. The molecule has 5 heteroatoms. The minimum Gasteiger partial charge on any atom is -0.398 e. The van der Waals surface area contributed by atoms with Gasteiger partial charge in [-0.1, -0.05) is 18.2 Å². The minimum atomic E-state index is -0.281. The Morgan fingerprint density at radius 2 is 1.95 bits per heavy atom. The number of rotatable bonds is 4. The van der Waals surface area contributed by atoms with Crippen molar-refractivity contribution in [3.8, 4) is 0 Å². The van der Waals surface area contributed by atoms with Crippen LogP contribution in [0.3, 0.4) is 0 Å². The number of pyridine rings is 1. The summed E-state index contributed by atoms with van der Waals surface area (Å²) in [6, 6.07) is 10.4. The van der Waals surface area contributed by atoms with E-state index in [-0.39, 0.29) is 23.8 Å². The molecule has 1 aromatic heterocycles. The summed E-state index contributed by atoms with van der Waals surface area (Å²) in [7, 11) is 1.53. The van der Waals surface area contributed by atoms with Crippen LogP contribution in [-0.2, 0) is 6.42 Å². The molecule has 0 aliphatic heterocycles. The Balaban J connectivity index is 2.14. The van der Waals surface area contributed by atoms with Crippen molar-refractivity contribution >= 4 is 17.4 Å². The van der Waals surface area contributed by atoms with Gasteiger partial charge in [-0.3, -0.25) is 14.6 Å². The summed E-state index contributed by atoms with van der Waals surface area (Å²) < 4.78 is 0. The fourth-order valence-electron chi connectivity index (χ4n) is 1.79. The van der Waals surface area contributed by atoms with Gasteiger partial charge in [0, 0.05) is 30.9 Å². The molecule has 5 nitrogen and oxygen atoms in total. The van der Waals surface area contributed by atoms with Gasteiger partial charge in [-0.2, -0.15) is 0 Å². The molecule has 0 radical (unpaired) electrons. The van der Waals surface area contributed by atoms with Crippen molar-refractivity contribution in [2.24, 2.45) is 0 Å². The van der Waals surface area contributed by atoms with E-state index in [0.29, 0.717) is 11.3 Å². The Kier molecular flexibility index (Phi) is 4.10. The number of anilines is 1. The van der Waals surface area contributed by atoms with Crippen LogP contribution >= 0.6 is 0 Å². The summed E-state index contributed by atoms with van der Waals surface area (Å²) in [6.45, 7) is 0. The molecule has 3 N–H and O–H groups in total. The van der Waals surface area contributed by atoms with E-state index in [4.69, 9.17) is 5.73 Å². The molecule has 0 bridgehead atoms. The first-order chi connectivity index (χ1) is 9.61. The second-order valence-corrected chi connectivity index (χ2v) is 4.31. The predicted molar refractivity (Wildman–Crippen MR) is 76.5 cm³/mol. The summed E-state index contributed by atoms with van der Waals surface area (Å²) in [6.07, 6.45) is 1.62. The van der Waals surface area contributed by atoms with E-state index < -0.39 is 0 Å². The van der Waals surface area contributed by atoms with Crippen LogP contribution in [0.5, 0.6) is 0 Å². The van der Waals surface area contributed by atoms with Crippen LogP contribution in [0.25, 0.3) is 0 Å². The zero-order valence-electron chi connectivity index (χ0n) is 11.1. The number of aromatic nitrogens is 1. The molecule has 0 fully saturated rings. The van der Waals surface area contributed by atoms with Crippen LogP contribution in [-0.4, -0.2) is 23.7 Å². The molecule has 0 aliphatic carbocycles. The minimum absolute atomic E-state index is 0.0844. The fourth-order valence-corrected chi connectivity index (χ4v) is 1.79. The molecule has 2 rings (SSSR count). The summed E-state index contributed by atoms with van der Waals surface area (Å²) in [5.41, 5.74) is 7.93. The number of nitrogens with zero attached hydrogens (tertiary/aromatic N) is 1. The molecule has 1 amide bonds. The molecule has 2 aromatic rings. The monoisotopic (exact) mass is 269 g/mol. The topological polar surface area (TPSA) is 85.1 Å². The van der Waals surface area contributed by atoms with Gasteiger partial charge >= 0.3 is 0 Å². The lowest BCUT2D eigenvalue weighted by Crippen LogP contribution is -2.19. The molecule has 0 saturated carbocycles. The molecule has 102 valence electrons. The smallest absolute Gasteiger partial charge is 0.269 e. The standard InChI is InChI=1S/C15H15N3O2/c1-17-15(20)13-7-6-11(9-18-13)14(19)8-10-4-2-3-5-12(10)16/h2-7,9H,8,16H2,1H3,(H,17,20). The lowest BCUT2D eigenvalue weighted by atomic mass is 10.0. The van der Waals surface area contributed by atoms with Gasteiger partial charge < -0.3 is 11.1 Å². The molecule has 1 heterocycles. The normalized spacial score (nSPS) is 10.1. The lowest BCUT2D eigenvalue weighted by Gasteiger charge is -2.05. The second-order valence-electron chi connectivity index (χ2n) is 4.31. The number of nitrogens with two attached hydrogens (primary N) is 1. The number of Topliss-reactive ketones (excluding diaryl/α,β-unsaturated/α-hetero) is 1. The van der Waals surface area contributed by atoms with Gasteiger partial charge in [0.1, 0.15) is 5.69 Å². The maximum atomic E-state index is 12.1. The SMILES string of the molecule is CNC(=O)c1ccc(C(=O)Cc2ccccc2N)cn1. The summed E-state index contributed by atoms with van der Waals surface area (Å²) in [4.78, 5) is 27.4. The highest BCUT2D eigenvalue weighted by Gasteiger charge is 2.11. The van der Waals surface area contributed by atoms with Crippen molar-refractivity contribution in [1.29, 1.82) is 0 Å². The lowest BCUT2D eigenvalue weighted by molar-refractivity contribution is 0.0954. The van der Waals surface area contributed by atoms with Crippen LogP contribution in [0.4, 0.5) is 5.69 Å². The Morgan fingerprint density at radius 1 is 1.20 bits per heavy atom. The third kappa shape index (κ3) is 3.00. The molecule has 0 unspecified atom stereocenters. The van der Waals surface area contributed by atoms with Gasteiger partial charge in [0.05, 0.1) is 0 Å². The van der Waals surface area contributed by atoms with Gasteiger partial charge in [-0.05, 0) is 23.8 Å². The second kappa shape index (κ2) is 5.97. The third-order valence-corrected chi connectivity index (χ3v) is 2.95. The molecule has 0 saturated heterocycles. The highest BCUT2D eigenvalue weighted by Crippen LogP contribution is 2.14. The van der Waals surface area contributed by atoms with Gasteiger partial charge in [0.2, 0.25) is 0 Å². The molecular formula is C15H15N3O2. The Morgan fingerprint density at radius 3 is 2.55 bits per heavy atom. The van der Waals surface area contributed by atoms with E-state index >= 15 is 0 Å². The fraction of sp³-hybridized carbons (Fsp3) is 0.133. The van der Waals surface area contributed by atoms with Crippen LogP contribution in [0.1, 0.15) is 26.4 Å². The maximum Gasteiger partial charge on any atom is 0.269 e. The summed E-state index contributed by atoms with van der Waals surface area (Å²) in [5, 5.41) is 2.47. The van der Waals surface area contributed by atoms with Crippen molar-refractivity contribution < 1.29 is 9.59 Å². The number of hydrogen-bond acceptors (Lipinski definition) is 4. The van der Waals surface area contributed by atoms with E-state index in [2.05, 4.69) is 10.3 Å². The first kappa shape index (κ1) is 13.7. The van der Waals surface area contributed by atoms with Gasteiger partial charge in [-0.15, -0.1) is 0 Å². The highest BCUT2D eigenvalue weighted by atomic mass is 16.1. The zero-order valence-corrected chi connectivity index (χ0v) is 11.1. The average Bonchev–Trinajstić information content (AvgIpc) is 2.49. The van der Waals surface area contributed by atoms with E-state index in [0.717, 1.165) is 5.56 Å². The summed E-state index contributed by atoms with van der Waals surface area (Å²) in [5.74, 6) is -0.366. The molecule has 20 heavy (non-hydrogen) atoms. The zero-order chi connectivity index (χ0) is 14.5. The number of hydrogen-bond donors (Lipinski definition) is 2. The van der Waals surface area contributed by atoms with Crippen LogP contribution < -0.4 is 11.1 Å². The van der Waals surface area contributed by atoms with Crippen molar-refractivity contribution in [3.63, 3.8) is 0 Å². The first-order valence-corrected chi connectivity index (χ1v) is 6.16. The van der Waals surface area contributed by atoms with E-state index in [1.807, 2.05) is 18.2 Å².